The van der Waals surface area contributed by atoms with E-state index in [2.05, 4.69) is 5.32 Å². The first kappa shape index (κ1) is 12.5. The Morgan fingerprint density at radius 2 is 2.00 bits per heavy atom. The first-order valence-electron chi connectivity index (χ1n) is 5.43. The van der Waals surface area contributed by atoms with Gasteiger partial charge < -0.3 is 15.2 Å². The number of carboxylic acid groups (broad SMARTS) is 1. The predicted molar refractivity (Wildman–Crippen MR) is 59.7 cm³/mol. The van der Waals surface area contributed by atoms with Crippen LogP contribution in [0.5, 0.6) is 0 Å². The Morgan fingerprint density at radius 3 is 2.50 bits per heavy atom. The van der Waals surface area contributed by atoms with E-state index >= 15 is 0 Å². The molecule has 2 N–H and O–H groups in total. The third-order valence-electron chi connectivity index (χ3n) is 2.89. The maximum atomic E-state index is 12.7. The molecule has 1 fully saturated rings. The van der Waals surface area contributed by atoms with Crippen LogP contribution in [-0.2, 0) is 9.53 Å². The van der Waals surface area contributed by atoms with Crippen molar-refractivity contribution in [2.75, 3.05) is 13.2 Å². The lowest BCUT2D eigenvalue weighted by atomic mass is 9.98. The standard InChI is InChI=1S/C12H12FNO4/c13-9-3-1-8(2-4-9)10(15)14-12(11(16)17)5-6-18-7-12/h1-4H,5-7H2,(H,14,15)(H,16,17). The molecule has 1 heterocycles. The minimum atomic E-state index is -1.38. The van der Waals surface area contributed by atoms with Gasteiger partial charge in [-0.05, 0) is 24.3 Å². The minimum absolute atomic E-state index is 0.0602. The summed E-state index contributed by atoms with van der Waals surface area (Å²) >= 11 is 0. The van der Waals surface area contributed by atoms with E-state index in [-0.39, 0.29) is 25.2 Å². The number of carbonyl (C=O) groups excluding carboxylic acids is 1. The van der Waals surface area contributed by atoms with E-state index in [4.69, 9.17) is 9.84 Å². The highest BCUT2D eigenvalue weighted by molar-refractivity contribution is 5.98. The quantitative estimate of drug-likeness (QED) is 0.835. The fraction of sp³-hybridized carbons (Fsp3) is 0.333. The summed E-state index contributed by atoms with van der Waals surface area (Å²) in [4.78, 5) is 23.1. The van der Waals surface area contributed by atoms with Gasteiger partial charge in [0.05, 0.1) is 6.61 Å². The number of carboxylic acids is 1. The lowest BCUT2D eigenvalue weighted by Gasteiger charge is -2.23. The van der Waals surface area contributed by atoms with E-state index < -0.39 is 23.2 Å². The third kappa shape index (κ3) is 2.33. The Bertz CT molecular complexity index is 465. The van der Waals surface area contributed by atoms with Crippen molar-refractivity contribution in [2.45, 2.75) is 12.0 Å². The molecule has 1 aliphatic rings. The van der Waals surface area contributed by atoms with Gasteiger partial charge in [-0.25, -0.2) is 9.18 Å². The van der Waals surface area contributed by atoms with Crippen LogP contribution in [0.3, 0.4) is 0 Å². The van der Waals surface area contributed by atoms with Crippen molar-refractivity contribution in [3.8, 4) is 0 Å². The molecule has 1 aliphatic heterocycles. The van der Waals surface area contributed by atoms with E-state index in [1.54, 1.807) is 0 Å². The molecule has 0 spiro atoms. The average Bonchev–Trinajstić information content (AvgIpc) is 2.79. The zero-order chi connectivity index (χ0) is 13.2. The van der Waals surface area contributed by atoms with Crippen molar-refractivity contribution < 1.29 is 23.8 Å². The maximum Gasteiger partial charge on any atom is 0.331 e. The van der Waals surface area contributed by atoms with Crippen LogP contribution in [0.1, 0.15) is 16.8 Å². The number of hydrogen-bond donors (Lipinski definition) is 2. The molecule has 0 radical (unpaired) electrons. The summed E-state index contributed by atoms with van der Waals surface area (Å²) in [5, 5.41) is 11.6. The van der Waals surface area contributed by atoms with Crippen molar-refractivity contribution in [1.29, 1.82) is 0 Å². The Labute approximate surface area is 103 Å². The van der Waals surface area contributed by atoms with Gasteiger partial charge in [0.25, 0.3) is 5.91 Å². The van der Waals surface area contributed by atoms with Gasteiger partial charge in [0.2, 0.25) is 0 Å². The Kier molecular flexibility index (Phi) is 3.29. The second kappa shape index (κ2) is 4.73. The number of ether oxygens (including phenoxy) is 1. The smallest absolute Gasteiger partial charge is 0.331 e. The monoisotopic (exact) mass is 253 g/mol. The van der Waals surface area contributed by atoms with Crippen LogP contribution in [0.2, 0.25) is 0 Å². The number of aliphatic carboxylic acids is 1. The Balaban J connectivity index is 2.15. The van der Waals surface area contributed by atoms with Crippen LogP contribution in [-0.4, -0.2) is 35.7 Å². The zero-order valence-electron chi connectivity index (χ0n) is 9.48. The van der Waals surface area contributed by atoms with Crippen LogP contribution in [0.4, 0.5) is 4.39 Å². The molecule has 2 rings (SSSR count). The summed E-state index contributed by atoms with van der Waals surface area (Å²) in [7, 11) is 0. The molecule has 1 unspecified atom stereocenters. The molecule has 96 valence electrons. The summed E-state index contributed by atoms with van der Waals surface area (Å²) in [6.07, 6.45) is 0.218. The van der Waals surface area contributed by atoms with Gasteiger partial charge in [-0.15, -0.1) is 0 Å². The molecule has 1 aromatic carbocycles. The molecule has 1 saturated heterocycles. The van der Waals surface area contributed by atoms with Crippen molar-refractivity contribution in [1.82, 2.24) is 5.32 Å². The largest absolute Gasteiger partial charge is 0.479 e. The van der Waals surface area contributed by atoms with Crippen LogP contribution >= 0.6 is 0 Å². The molecule has 5 nitrogen and oxygen atoms in total. The molecule has 6 heteroatoms. The van der Waals surface area contributed by atoms with Gasteiger partial charge in [-0.1, -0.05) is 0 Å². The van der Waals surface area contributed by atoms with Gasteiger partial charge in [0.15, 0.2) is 5.54 Å². The van der Waals surface area contributed by atoms with Gasteiger partial charge in [0, 0.05) is 18.6 Å². The Morgan fingerprint density at radius 1 is 1.33 bits per heavy atom. The highest BCUT2D eigenvalue weighted by Crippen LogP contribution is 2.19. The number of carbonyl (C=O) groups is 2. The number of nitrogens with one attached hydrogen (secondary N) is 1. The minimum Gasteiger partial charge on any atom is -0.479 e. The fourth-order valence-electron chi connectivity index (χ4n) is 1.78. The van der Waals surface area contributed by atoms with E-state index in [0.717, 1.165) is 12.1 Å². The first-order valence-corrected chi connectivity index (χ1v) is 5.43. The molecule has 0 bridgehead atoms. The number of hydrogen-bond acceptors (Lipinski definition) is 3. The lowest BCUT2D eigenvalue weighted by Crippen LogP contribution is -2.55. The van der Waals surface area contributed by atoms with E-state index in [1.807, 2.05) is 0 Å². The fourth-order valence-corrected chi connectivity index (χ4v) is 1.78. The normalized spacial score (nSPS) is 22.7. The molecule has 1 aromatic rings. The first-order chi connectivity index (χ1) is 8.53. The highest BCUT2D eigenvalue weighted by Gasteiger charge is 2.44. The topological polar surface area (TPSA) is 75.6 Å². The van der Waals surface area contributed by atoms with Crippen LogP contribution < -0.4 is 5.32 Å². The summed E-state index contributed by atoms with van der Waals surface area (Å²) < 4.78 is 17.7. The lowest BCUT2D eigenvalue weighted by molar-refractivity contribution is -0.144. The van der Waals surface area contributed by atoms with Crippen LogP contribution in [0, 0.1) is 5.82 Å². The SMILES string of the molecule is O=C(NC1(C(=O)O)CCOC1)c1ccc(F)cc1. The number of benzene rings is 1. The summed E-state index contributed by atoms with van der Waals surface area (Å²) in [6, 6.07) is 4.90. The van der Waals surface area contributed by atoms with E-state index in [0.29, 0.717) is 0 Å². The number of halogens is 1. The molecular formula is C12H12FNO4. The number of rotatable bonds is 3. The van der Waals surface area contributed by atoms with E-state index in [1.165, 1.54) is 12.1 Å². The third-order valence-corrected chi connectivity index (χ3v) is 2.89. The summed E-state index contributed by atoms with van der Waals surface area (Å²) in [5.41, 5.74) is -1.17. The molecule has 0 aromatic heterocycles. The number of amides is 1. The van der Waals surface area contributed by atoms with Crippen LogP contribution in [0.25, 0.3) is 0 Å². The van der Waals surface area contributed by atoms with Gasteiger partial charge in [-0.3, -0.25) is 4.79 Å². The van der Waals surface area contributed by atoms with Gasteiger partial charge >= 0.3 is 5.97 Å². The molecular weight excluding hydrogens is 241 g/mol. The molecule has 18 heavy (non-hydrogen) atoms. The summed E-state index contributed by atoms with van der Waals surface area (Å²) in [6.45, 7) is 0.227. The summed E-state index contributed by atoms with van der Waals surface area (Å²) in [5.74, 6) is -2.14. The molecule has 1 amide bonds. The van der Waals surface area contributed by atoms with Crippen molar-refractivity contribution >= 4 is 11.9 Å². The second-order valence-electron chi connectivity index (χ2n) is 4.15. The molecule has 0 aliphatic carbocycles. The Hall–Kier alpha value is -1.95. The van der Waals surface area contributed by atoms with Crippen molar-refractivity contribution in [3.63, 3.8) is 0 Å². The van der Waals surface area contributed by atoms with Crippen molar-refractivity contribution in [3.05, 3.63) is 35.6 Å². The average molecular weight is 253 g/mol. The van der Waals surface area contributed by atoms with Gasteiger partial charge in [0.1, 0.15) is 5.82 Å². The predicted octanol–water partition coefficient (Wildman–Crippen LogP) is 0.799. The molecule has 1 atom stereocenters. The van der Waals surface area contributed by atoms with Gasteiger partial charge in [-0.2, -0.15) is 0 Å². The molecule has 0 saturated carbocycles. The highest BCUT2D eigenvalue weighted by atomic mass is 19.1. The maximum absolute atomic E-state index is 12.7. The van der Waals surface area contributed by atoms with Crippen LogP contribution in [0.15, 0.2) is 24.3 Å². The van der Waals surface area contributed by atoms with Crippen molar-refractivity contribution in [2.24, 2.45) is 0 Å². The van der Waals surface area contributed by atoms with E-state index in [9.17, 15) is 14.0 Å². The second-order valence-corrected chi connectivity index (χ2v) is 4.15. The zero-order valence-corrected chi connectivity index (χ0v) is 9.48.